The Morgan fingerprint density at radius 1 is 1.40 bits per heavy atom. The largest absolute Gasteiger partial charge is 0.450 e. The van der Waals surface area contributed by atoms with Gasteiger partial charge >= 0.3 is 5.97 Å². The maximum absolute atomic E-state index is 11.3. The van der Waals surface area contributed by atoms with Crippen LogP contribution >= 0.6 is 0 Å². The van der Waals surface area contributed by atoms with Crippen LogP contribution < -0.4 is 0 Å². The molecule has 5 nitrogen and oxygen atoms in total. The van der Waals surface area contributed by atoms with Gasteiger partial charge in [-0.15, -0.1) is 0 Å². The Kier molecular flexibility index (Phi) is 5.49. The summed E-state index contributed by atoms with van der Waals surface area (Å²) in [7, 11) is 0. The van der Waals surface area contributed by atoms with Gasteiger partial charge in [0, 0.05) is 18.1 Å². The first-order valence-corrected chi connectivity index (χ1v) is 4.65. The number of hydrogen-bond acceptors (Lipinski definition) is 5. The van der Waals surface area contributed by atoms with E-state index in [1.165, 1.54) is 6.92 Å². The fourth-order valence-corrected chi connectivity index (χ4v) is 0.965. The van der Waals surface area contributed by atoms with Gasteiger partial charge in [-0.1, -0.05) is 13.5 Å². The molecule has 0 saturated heterocycles. The Balaban J connectivity index is 4.78. The molecule has 1 atom stereocenters. The first-order chi connectivity index (χ1) is 6.93. The molecule has 5 heteroatoms. The summed E-state index contributed by atoms with van der Waals surface area (Å²) in [6.07, 6.45) is 0. The first kappa shape index (κ1) is 14.1. The lowest BCUT2D eigenvalue weighted by molar-refractivity contribution is -0.177. The van der Waals surface area contributed by atoms with Gasteiger partial charge in [-0.3, -0.25) is 0 Å². The lowest BCUT2D eigenvalue weighted by atomic mass is 9.90. The topological polar surface area (TPSA) is 87.0 Å². The van der Waals surface area contributed by atoms with Gasteiger partial charge < -0.3 is 20.1 Å². The van der Waals surface area contributed by atoms with E-state index in [1.807, 2.05) is 0 Å². The number of aliphatic hydroxyl groups excluding tert-OH is 3. The Hall–Kier alpha value is -0.910. The molecular formula is C10H18O5. The number of carbonyl (C=O) groups excluding carboxylic acids is 1. The van der Waals surface area contributed by atoms with Gasteiger partial charge in [-0.05, 0) is 6.92 Å². The second-order valence-corrected chi connectivity index (χ2v) is 3.63. The van der Waals surface area contributed by atoms with E-state index in [0.717, 1.165) is 0 Å². The highest BCUT2D eigenvalue weighted by molar-refractivity contribution is 5.87. The molecule has 0 radical (unpaired) electrons. The van der Waals surface area contributed by atoms with E-state index in [9.17, 15) is 4.79 Å². The molecule has 0 spiro atoms. The van der Waals surface area contributed by atoms with Crippen LogP contribution in [-0.2, 0) is 9.53 Å². The summed E-state index contributed by atoms with van der Waals surface area (Å²) < 4.78 is 4.95. The van der Waals surface area contributed by atoms with Crippen LogP contribution in [-0.4, -0.2) is 46.7 Å². The minimum absolute atomic E-state index is 0.173. The van der Waals surface area contributed by atoms with Crippen LogP contribution in [0.1, 0.15) is 13.8 Å². The molecule has 3 N–H and O–H groups in total. The lowest BCUT2D eigenvalue weighted by Crippen LogP contribution is -2.49. The van der Waals surface area contributed by atoms with Gasteiger partial charge in [0.25, 0.3) is 0 Å². The molecule has 15 heavy (non-hydrogen) atoms. The molecule has 88 valence electrons. The molecule has 0 aliphatic heterocycles. The number of hydrogen-bond donors (Lipinski definition) is 3. The zero-order chi connectivity index (χ0) is 12.1. The second kappa shape index (κ2) is 5.85. The molecule has 0 aromatic heterocycles. The van der Waals surface area contributed by atoms with Crippen molar-refractivity contribution in [1.82, 2.24) is 0 Å². The van der Waals surface area contributed by atoms with Crippen molar-refractivity contribution in [3.05, 3.63) is 12.2 Å². The van der Waals surface area contributed by atoms with Crippen molar-refractivity contribution in [2.45, 2.75) is 19.4 Å². The standard InChI is InChI=1S/C10H18O5/c1-7(2)9(14)15-10(5-12,6-13)8(3)4-11/h8,11-13H,1,4-6H2,2-3H3. The highest BCUT2D eigenvalue weighted by Crippen LogP contribution is 2.22. The van der Waals surface area contributed by atoms with Crippen LogP contribution in [0.3, 0.4) is 0 Å². The van der Waals surface area contributed by atoms with Crippen molar-refractivity contribution in [2.75, 3.05) is 19.8 Å². The predicted octanol–water partition coefficient (Wildman–Crippen LogP) is -0.543. The first-order valence-electron chi connectivity index (χ1n) is 4.65. The quantitative estimate of drug-likeness (QED) is 0.411. The SMILES string of the molecule is C=C(C)C(=O)OC(CO)(CO)C(C)CO. The van der Waals surface area contributed by atoms with Gasteiger partial charge in [0.05, 0.1) is 13.2 Å². The molecule has 0 heterocycles. The van der Waals surface area contributed by atoms with E-state index in [4.69, 9.17) is 20.1 Å². The molecule has 0 rings (SSSR count). The maximum atomic E-state index is 11.3. The van der Waals surface area contributed by atoms with Gasteiger partial charge in [-0.2, -0.15) is 0 Å². The van der Waals surface area contributed by atoms with Crippen molar-refractivity contribution in [3.8, 4) is 0 Å². The minimum atomic E-state index is -1.45. The molecule has 0 aliphatic rings. The highest BCUT2D eigenvalue weighted by Gasteiger charge is 2.39. The van der Waals surface area contributed by atoms with E-state index in [1.54, 1.807) is 6.92 Å². The van der Waals surface area contributed by atoms with Gasteiger partial charge in [0.15, 0.2) is 5.60 Å². The van der Waals surface area contributed by atoms with Crippen LogP contribution in [0.4, 0.5) is 0 Å². The van der Waals surface area contributed by atoms with Crippen molar-refractivity contribution in [3.63, 3.8) is 0 Å². The van der Waals surface area contributed by atoms with E-state index in [0.29, 0.717) is 0 Å². The number of ether oxygens (including phenoxy) is 1. The maximum Gasteiger partial charge on any atom is 0.333 e. The smallest absolute Gasteiger partial charge is 0.333 e. The third-order valence-corrected chi connectivity index (χ3v) is 2.35. The third kappa shape index (κ3) is 3.30. The molecule has 0 amide bonds. The molecule has 0 aromatic rings. The van der Waals surface area contributed by atoms with Crippen LogP contribution in [0.25, 0.3) is 0 Å². The van der Waals surface area contributed by atoms with Crippen LogP contribution in [0.15, 0.2) is 12.2 Å². The number of aliphatic hydroxyl groups is 3. The second-order valence-electron chi connectivity index (χ2n) is 3.63. The summed E-state index contributed by atoms with van der Waals surface area (Å²) in [6, 6.07) is 0. The van der Waals surface area contributed by atoms with Crippen LogP contribution in [0, 0.1) is 5.92 Å². The third-order valence-electron chi connectivity index (χ3n) is 2.35. The average Bonchev–Trinajstić information content (AvgIpc) is 2.24. The fourth-order valence-electron chi connectivity index (χ4n) is 0.965. The summed E-state index contributed by atoms with van der Waals surface area (Å²) in [5, 5.41) is 27.2. The van der Waals surface area contributed by atoms with E-state index >= 15 is 0 Å². The summed E-state index contributed by atoms with van der Waals surface area (Å²) >= 11 is 0. The Morgan fingerprint density at radius 3 is 2.13 bits per heavy atom. The summed E-state index contributed by atoms with van der Waals surface area (Å²) in [5.74, 6) is -1.26. The molecule has 0 aromatic carbocycles. The molecule has 1 unspecified atom stereocenters. The van der Waals surface area contributed by atoms with Gasteiger partial charge in [0.1, 0.15) is 0 Å². The van der Waals surface area contributed by atoms with Crippen molar-refractivity contribution in [2.24, 2.45) is 5.92 Å². The average molecular weight is 218 g/mol. The normalized spacial score (nSPS) is 13.4. The van der Waals surface area contributed by atoms with Crippen molar-refractivity contribution >= 4 is 5.97 Å². The van der Waals surface area contributed by atoms with Crippen LogP contribution in [0.5, 0.6) is 0 Å². The number of rotatable bonds is 6. The Bertz CT molecular complexity index is 232. The number of esters is 1. The number of carbonyl (C=O) groups is 1. The molecule has 0 fully saturated rings. The lowest BCUT2D eigenvalue weighted by Gasteiger charge is -2.34. The monoisotopic (exact) mass is 218 g/mol. The summed E-state index contributed by atoms with van der Waals surface area (Å²) in [5.41, 5.74) is -1.28. The predicted molar refractivity (Wildman–Crippen MR) is 54.1 cm³/mol. The molecular weight excluding hydrogens is 200 g/mol. The Morgan fingerprint density at radius 2 is 1.87 bits per heavy atom. The molecule has 0 saturated carbocycles. The van der Waals surface area contributed by atoms with E-state index in [-0.39, 0.29) is 12.2 Å². The zero-order valence-electron chi connectivity index (χ0n) is 9.06. The summed E-state index contributed by atoms with van der Waals surface area (Å²) in [6.45, 7) is 5.02. The van der Waals surface area contributed by atoms with Crippen molar-refractivity contribution < 1.29 is 24.9 Å². The highest BCUT2D eigenvalue weighted by atomic mass is 16.6. The summed E-state index contributed by atoms with van der Waals surface area (Å²) in [4.78, 5) is 11.3. The Labute approximate surface area is 89.0 Å². The van der Waals surface area contributed by atoms with Crippen LogP contribution in [0.2, 0.25) is 0 Å². The van der Waals surface area contributed by atoms with E-state index < -0.39 is 30.7 Å². The fraction of sp³-hybridized carbons (Fsp3) is 0.700. The molecule has 0 aliphatic carbocycles. The van der Waals surface area contributed by atoms with Gasteiger partial charge in [0.2, 0.25) is 0 Å². The zero-order valence-corrected chi connectivity index (χ0v) is 9.06. The van der Waals surface area contributed by atoms with Gasteiger partial charge in [-0.25, -0.2) is 4.79 Å². The molecule has 0 bridgehead atoms. The van der Waals surface area contributed by atoms with E-state index in [2.05, 4.69) is 6.58 Å². The minimum Gasteiger partial charge on any atom is -0.450 e. The van der Waals surface area contributed by atoms with Crippen molar-refractivity contribution in [1.29, 1.82) is 0 Å².